The molecule has 3 amide bonds. The molecule has 5 atom stereocenters. The first-order valence-corrected chi connectivity index (χ1v) is 15.6. The van der Waals surface area contributed by atoms with Gasteiger partial charge in [0.05, 0.1) is 33.8 Å². The number of fused-ring (bicyclic) bond motifs is 2. The molecule has 1 aliphatic heterocycles. The van der Waals surface area contributed by atoms with Crippen LogP contribution in [-0.2, 0) is 20.5 Å². The Hall–Kier alpha value is -3.41. The molecular weight excluding hydrogens is 581 g/mol. The first-order valence-electron chi connectivity index (χ1n) is 14.7. The number of allylic oxidation sites excluding steroid dienone is 1. The number of aromatic nitrogens is 1. The lowest BCUT2D eigenvalue weighted by Gasteiger charge is -2.26. The zero-order valence-electron chi connectivity index (χ0n) is 24.5. The molecule has 2 heterocycles. The topological polar surface area (TPSA) is 101 Å². The summed E-state index contributed by atoms with van der Waals surface area (Å²) in [5, 5.41) is 8.11. The van der Waals surface area contributed by atoms with E-state index in [9.17, 15) is 27.6 Å². The Morgan fingerprint density at radius 2 is 2.00 bits per heavy atom. The molecule has 2 N–H and O–H groups in total. The van der Waals surface area contributed by atoms with Crippen molar-refractivity contribution in [3.05, 3.63) is 46.3 Å². The maximum absolute atomic E-state index is 13.6. The zero-order chi connectivity index (χ0) is 30.9. The summed E-state index contributed by atoms with van der Waals surface area (Å²) in [6.45, 7) is 4.37. The molecule has 2 saturated carbocycles. The zero-order valence-corrected chi connectivity index (χ0v) is 25.3. The Kier molecular flexibility index (Phi) is 8.87. The molecule has 5 rings (SSSR count). The third kappa shape index (κ3) is 6.89. The smallest absolute Gasteiger partial charge is 0.416 e. The van der Waals surface area contributed by atoms with E-state index in [-0.39, 0.29) is 41.8 Å². The molecule has 3 aliphatic rings. The Balaban J connectivity index is 1.34. The third-order valence-electron chi connectivity index (χ3n) is 8.92. The third-order valence-corrected chi connectivity index (χ3v) is 9.69. The van der Waals surface area contributed by atoms with Gasteiger partial charge in [-0.1, -0.05) is 25.1 Å². The van der Waals surface area contributed by atoms with Crippen LogP contribution < -0.4 is 10.6 Å². The number of aryl methyl sites for hydroxylation is 1. The van der Waals surface area contributed by atoms with Crippen molar-refractivity contribution in [2.24, 2.45) is 17.8 Å². The molecule has 0 bridgehead atoms. The number of halogens is 3. The minimum atomic E-state index is -4.62. The van der Waals surface area contributed by atoms with Gasteiger partial charge in [-0.25, -0.2) is 9.78 Å². The average Bonchev–Trinajstić information content (AvgIpc) is 3.23. The van der Waals surface area contributed by atoms with Crippen LogP contribution in [0.3, 0.4) is 0 Å². The first-order chi connectivity index (χ1) is 20.4. The minimum Gasteiger partial charge on any atom is -0.446 e. The van der Waals surface area contributed by atoms with Crippen LogP contribution in [0.4, 0.5) is 23.7 Å². The van der Waals surface area contributed by atoms with Crippen molar-refractivity contribution < 1.29 is 32.3 Å². The number of nitrogens with zero attached hydrogens (tertiary/aromatic N) is 2. The average molecular weight is 619 g/mol. The first kappa shape index (κ1) is 31.0. The van der Waals surface area contributed by atoms with Crippen molar-refractivity contribution in [3.63, 3.8) is 0 Å². The van der Waals surface area contributed by atoms with Crippen molar-refractivity contribution in [1.82, 2.24) is 15.2 Å². The summed E-state index contributed by atoms with van der Waals surface area (Å²) in [5.74, 6) is -1.51. The SMILES string of the molecule is CC[C@@]12C[C@H]1/C=C\CCCCN(C)C(=O)[C@@H]1C[C@H](OC(=O)Nc3cc(C(F)(F)F)ccc3-c3csc(C)n3)C[C@H]1C(=O)N2. The number of carbonyl (C=O) groups is 3. The molecule has 0 spiro atoms. The molecule has 0 radical (unpaired) electrons. The van der Waals surface area contributed by atoms with E-state index in [0.717, 1.165) is 49.2 Å². The summed E-state index contributed by atoms with van der Waals surface area (Å²) in [7, 11) is 1.72. The fourth-order valence-corrected chi connectivity index (χ4v) is 6.92. The van der Waals surface area contributed by atoms with Crippen molar-refractivity contribution in [3.8, 4) is 11.3 Å². The molecule has 2 fully saturated rings. The quantitative estimate of drug-likeness (QED) is 0.378. The Morgan fingerprint density at radius 3 is 2.70 bits per heavy atom. The molecule has 12 heteroatoms. The Labute approximate surface area is 253 Å². The van der Waals surface area contributed by atoms with Gasteiger partial charge < -0.3 is 15.0 Å². The van der Waals surface area contributed by atoms with Gasteiger partial charge in [0, 0.05) is 36.0 Å². The number of nitrogens with one attached hydrogen (secondary N) is 2. The molecule has 232 valence electrons. The molecule has 8 nitrogen and oxygen atoms in total. The van der Waals surface area contributed by atoms with Crippen LogP contribution in [-0.4, -0.2) is 53.0 Å². The fourth-order valence-electron chi connectivity index (χ4n) is 6.30. The van der Waals surface area contributed by atoms with Crippen molar-refractivity contribution in [2.45, 2.75) is 76.6 Å². The number of carbonyl (C=O) groups excluding carboxylic acids is 3. The van der Waals surface area contributed by atoms with Gasteiger partial charge in [-0.3, -0.25) is 14.9 Å². The van der Waals surface area contributed by atoms with Crippen LogP contribution in [0.2, 0.25) is 0 Å². The number of ether oxygens (including phenoxy) is 1. The van der Waals surface area contributed by atoms with Gasteiger partial charge in [-0.2, -0.15) is 13.2 Å². The van der Waals surface area contributed by atoms with E-state index in [4.69, 9.17) is 4.74 Å². The maximum atomic E-state index is 13.6. The standard InChI is InChI=1S/C31H37F3N4O4S/c1-4-30-16-20(30)9-7-5-6-8-12-38(3)28(40)24-15-21(14-23(24)27(39)37-30)42-29(41)36-25-13-19(31(32,33)34)10-11-22(25)26-17-43-18(2)35-26/h7,9-11,13,17,20-21,23-24H,4-6,8,12,14-16H2,1-3H3,(H,36,41)(H,37,39)/b9-7-/t20-,21-,23-,24-,30-/m1/s1. The van der Waals surface area contributed by atoms with Gasteiger partial charge in [0.2, 0.25) is 11.8 Å². The monoisotopic (exact) mass is 618 g/mol. The molecular formula is C31H37F3N4O4S. The van der Waals surface area contributed by atoms with Gasteiger partial charge in [0.15, 0.2) is 0 Å². The predicted molar refractivity (Wildman–Crippen MR) is 157 cm³/mol. The van der Waals surface area contributed by atoms with Crippen molar-refractivity contribution in [1.29, 1.82) is 0 Å². The van der Waals surface area contributed by atoms with Crippen molar-refractivity contribution in [2.75, 3.05) is 18.9 Å². The highest BCUT2D eigenvalue weighted by Gasteiger charge is 2.54. The second kappa shape index (κ2) is 12.3. The van der Waals surface area contributed by atoms with Gasteiger partial charge in [-0.15, -0.1) is 11.3 Å². The number of alkyl halides is 3. The number of amides is 3. The number of anilines is 1. The van der Waals surface area contributed by atoms with E-state index in [1.165, 1.54) is 17.4 Å². The number of hydrogen-bond donors (Lipinski definition) is 2. The normalized spacial score (nSPS) is 28.7. The predicted octanol–water partition coefficient (Wildman–Crippen LogP) is 6.56. The van der Waals surface area contributed by atoms with Crippen molar-refractivity contribution >= 4 is 34.9 Å². The van der Waals surface area contributed by atoms with E-state index in [1.807, 2.05) is 6.92 Å². The Bertz CT molecular complexity index is 1410. The summed E-state index contributed by atoms with van der Waals surface area (Å²) in [4.78, 5) is 46.2. The molecule has 1 aromatic carbocycles. The van der Waals surface area contributed by atoms with Crippen LogP contribution in [0.1, 0.15) is 62.4 Å². The van der Waals surface area contributed by atoms with E-state index >= 15 is 0 Å². The minimum absolute atomic E-state index is 0.0898. The van der Waals surface area contributed by atoms with Gasteiger partial charge >= 0.3 is 12.3 Å². The van der Waals surface area contributed by atoms with Crippen LogP contribution in [0.25, 0.3) is 11.3 Å². The number of hydrogen-bond acceptors (Lipinski definition) is 6. The lowest BCUT2D eigenvalue weighted by Crippen LogP contribution is -2.45. The molecule has 0 unspecified atom stereocenters. The van der Waals surface area contributed by atoms with Crippen LogP contribution in [0.5, 0.6) is 0 Å². The summed E-state index contributed by atoms with van der Waals surface area (Å²) >= 11 is 1.34. The molecule has 2 aromatic rings. The van der Waals surface area contributed by atoms with Crippen LogP contribution >= 0.6 is 11.3 Å². The van der Waals surface area contributed by atoms with Gasteiger partial charge in [-0.05, 0) is 64.0 Å². The van der Waals surface area contributed by atoms with Gasteiger partial charge in [0.25, 0.3) is 0 Å². The number of benzene rings is 1. The number of thiazole rings is 1. The highest BCUT2D eigenvalue weighted by molar-refractivity contribution is 7.09. The molecule has 1 aromatic heterocycles. The van der Waals surface area contributed by atoms with Crippen LogP contribution in [0, 0.1) is 24.7 Å². The summed E-state index contributed by atoms with van der Waals surface area (Å²) in [6.07, 6.45) is 2.60. The van der Waals surface area contributed by atoms with E-state index in [0.29, 0.717) is 17.8 Å². The molecule has 2 aliphatic carbocycles. The number of rotatable bonds is 4. The summed E-state index contributed by atoms with van der Waals surface area (Å²) < 4.78 is 46.2. The van der Waals surface area contributed by atoms with Crippen LogP contribution in [0.15, 0.2) is 35.7 Å². The molecule has 43 heavy (non-hydrogen) atoms. The summed E-state index contributed by atoms with van der Waals surface area (Å²) in [5.41, 5.74) is -0.593. The van der Waals surface area contributed by atoms with E-state index < -0.39 is 35.8 Å². The van der Waals surface area contributed by atoms with Gasteiger partial charge in [0.1, 0.15) is 6.10 Å². The highest BCUT2D eigenvalue weighted by Crippen LogP contribution is 2.48. The lowest BCUT2D eigenvalue weighted by atomic mass is 9.92. The second-order valence-corrected chi connectivity index (χ2v) is 12.9. The van der Waals surface area contributed by atoms with E-state index in [1.54, 1.807) is 24.3 Å². The van der Waals surface area contributed by atoms with E-state index in [2.05, 4.69) is 27.8 Å². The highest BCUT2D eigenvalue weighted by atomic mass is 32.1. The largest absolute Gasteiger partial charge is 0.446 e. The molecule has 0 saturated heterocycles. The fraction of sp³-hybridized carbons (Fsp3) is 0.548. The summed E-state index contributed by atoms with van der Waals surface area (Å²) in [6, 6.07) is 3.07. The second-order valence-electron chi connectivity index (χ2n) is 11.8. The Morgan fingerprint density at radius 1 is 1.23 bits per heavy atom. The lowest BCUT2D eigenvalue weighted by molar-refractivity contribution is -0.140. The maximum Gasteiger partial charge on any atom is 0.416 e.